The van der Waals surface area contributed by atoms with E-state index in [4.69, 9.17) is 16.2 Å². The van der Waals surface area contributed by atoms with E-state index in [1.54, 1.807) is 37.5 Å². The second kappa shape index (κ2) is 14.5. The van der Waals surface area contributed by atoms with Gasteiger partial charge in [-0.05, 0) is 42.8 Å². The van der Waals surface area contributed by atoms with Gasteiger partial charge in [-0.3, -0.25) is 14.7 Å². The van der Waals surface area contributed by atoms with Gasteiger partial charge in [0, 0.05) is 67.5 Å². The van der Waals surface area contributed by atoms with Crippen LogP contribution in [0.1, 0.15) is 27.0 Å². The summed E-state index contributed by atoms with van der Waals surface area (Å²) >= 11 is 0. The van der Waals surface area contributed by atoms with Crippen molar-refractivity contribution in [3.63, 3.8) is 0 Å². The molecule has 0 aliphatic carbocycles. The molecule has 38 heavy (non-hydrogen) atoms. The Hall–Kier alpha value is -4.26. The maximum absolute atomic E-state index is 13.5. The number of carbonyl (C=O) groups excluding carboxylic acids is 1. The largest absolute Gasteiger partial charge is 0.389 e. The van der Waals surface area contributed by atoms with Crippen LogP contribution < -0.4 is 16.8 Å². The quantitative estimate of drug-likeness (QED) is 0.152. The number of pyridine rings is 1. The van der Waals surface area contributed by atoms with Gasteiger partial charge in [-0.2, -0.15) is 0 Å². The Morgan fingerprint density at radius 2 is 2.03 bits per heavy atom. The summed E-state index contributed by atoms with van der Waals surface area (Å²) in [4.78, 5) is 21.2. The molecule has 2 aromatic carbocycles. The van der Waals surface area contributed by atoms with Crippen molar-refractivity contribution in [2.75, 3.05) is 52.2 Å². The zero-order valence-electron chi connectivity index (χ0n) is 21.7. The number of ether oxygens (including phenoxy) is 1. The number of morpholine rings is 1. The molecule has 1 saturated heterocycles. The van der Waals surface area contributed by atoms with Crippen molar-refractivity contribution in [2.24, 2.45) is 10.7 Å². The summed E-state index contributed by atoms with van der Waals surface area (Å²) in [7, 11) is 1.67. The number of benzene rings is 2. The van der Waals surface area contributed by atoms with Crippen LogP contribution in [0.5, 0.6) is 0 Å². The van der Waals surface area contributed by atoms with E-state index in [9.17, 15) is 9.18 Å². The van der Waals surface area contributed by atoms with Crippen molar-refractivity contribution in [3.05, 3.63) is 82.9 Å². The van der Waals surface area contributed by atoms with E-state index in [1.165, 1.54) is 12.1 Å². The highest BCUT2D eigenvalue weighted by Gasteiger charge is 2.08. The Balaban J connectivity index is 0.000000232. The van der Waals surface area contributed by atoms with Gasteiger partial charge in [0.15, 0.2) is 0 Å². The minimum atomic E-state index is -0.356. The van der Waals surface area contributed by atoms with Crippen LogP contribution in [0, 0.1) is 24.6 Å². The van der Waals surface area contributed by atoms with Gasteiger partial charge in [-0.1, -0.05) is 24.0 Å². The number of amidine groups is 1. The molecular formula is C29H33FN6O2. The fourth-order valence-electron chi connectivity index (χ4n) is 3.66. The molecule has 0 bridgehead atoms. The Bertz CT molecular complexity index is 1370. The summed E-state index contributed by atoms with van der Waals surface area (Å²) in [6, 6.07) is 9.68. The number of aryl methyl sites for hydroxylation is 1. The molecule has 1 aromatic heterocycles. The predicted molar refractivity (Wildman–Crippen MR) is 151 cm³/mol. The number of rotatable bonds is 6. The first-order chi connectivity index (χ1) is 18.4. The monoisotopic (exact) mass is 516 g/mol. The van der Waals surface area contributed by atoms with Gasteiger partial charge in [0.2, 0.25) is 0 Å². The average molecular weight is 517 g/mol. The molecule has 0 spiro atoms. The number of nitrogens with one attached hydrogen (secondary N) is 1. The van der Waals surface area contributed by atoms with Crippen molar-refractivity contribution in [2.45, 2.75) is 6.92 Å². The first-order valence-corrected chi connectivity index (χ1v) is 12.2. The lowest BCUT2D eigenvalue weighted by atomic mass is 10.0. The molecule has 1 fully saturated rings. The molecule has 0 radical (unpaired) electrons. The molecule has 1 aliphatic heterocycles. The Labute approximate surface area is 222 Å². The molecule has 0 unspecified atom stereocenters. The molecule has 8 nitrogen and oxygen atoms in total. The van der Waals surface area contributed by atoms with Crippen molar-refractivity contribution in [3.8, 4) is 11.8 Å². The van der Waals surface area contributed by atoms with Crippen LogP contribution in [-0.4, -0.2) is 68.4 Å². The summed E-state index contributed by atoms with van der Waals surface area (Å²) in [6.45, 7) is 7.64. The van der Waals surface area contributed by atoms with Crippen LogP contribution in [0.2, 0.25) is 0 Å². The molecule has 9 heteroatoms. The first kappa shape index (κ1) is 28.3. The van der Waals surface area contributed by atoms with Gasteiger partial charge >= 0.3 is 0 Å². The normalized spacial score (nSPS) is 13.9. The maximum atomic E-state index is 13.5. The zero-order valence-corrected chi connectivity index (χ0v) is 21.7. The highest BCUT2D eigenvalue weighted by atomic mass is 19.1. The lowest BCUT2D eigenvalue weighted by Crippen LogP contribution is -2.39. The van der Waals surface area contributed by atoms with Crippen LogP contribution in [0.4, 0.5) is 10.2 Å². The van der Waals surface area contributed by atoms with E-state index in [0.717, 1.165) is 62.2 Å². The zero-order chi connectivity index (χ0) is 27.3. The van der Waals surface area contributed by atoms with Crippen molar-refractivity contribution in [1.82, 2.24) is 15.2 Å². The van der Waals surface area contributed by atoms with E-state index >= 15 is 0 Å². The van der Waals surface area contributed by atoms with E-state index in [2.05, 4.69) is 32.0 Å². The highest BCUT2D eigenvalue weighted by Crippen LogP contribution is 2.22. The first-order valence-electron chi connectivity index (χ1n) is 12.2. The van der Waals surface area contributed by atoms with Gasteiger partial charge < -0.3 is 21.5 Å². The molecule has 0 atom stereocenters. The van der Waals surface area contributed by atoms with E-state index < -0.39 is 0 Å². The maximum Gasteiger partial charge on any atom is 0.150 e. The van der Waals surface area contributed by atoms with Gasteiger partial charge in [-0.15, -0.1) is 0 Å². The summed E-state index contributed by atoms with van der Waals surface area (Å²) in [5.41, 5.74) is 14.1. The number of aldehydes is 1. The standard InChI is InChI=1S/C19H13FN2O.C10H20N4O/c1-12-2-3-13(11-23)8-14(12)5-7-17-18-9-16(20)6-4-15(18)10-22-19(17)21;1-12-10(11)2-3-13-4-5-14-6-8-15-9-7-14/h2-4,6,8-11H,1H3,(H2,21,22);2-3,13H,4-9H2,1H3,(H2,11,12)/b;3-2-. The SMILES string of the molecule is CN=C(N)/C=C\NCCN1CCOCC1.Cc1ccc(C=O)cc1C#Cc1c(N)ncc2ccc(F)cc12. The number of fused-ring (bicyclic) bond motifs is 1. The number of anilines is 1. The molecule has 2 heterocycles. The molecule has 0 saturated carbocycles. The van der Waals surface area contributed by atoms with Crippen molar-refractivity contribution >= 4 is 28.7 Å². The summed E-state index contributed by atoms with van der Waals surface area (Å²) in [5, 5.41) is 4.56. The molecule has 4 rings (SSSR count). The van der Waals surface area contributed by atoms with Crippen LogP contribution in [0.3, 0.4) is 0 Å². The summed E-state index contributed by atoms with van der Waals surface area (Å²) in [5.74, 6) is 6.41. The van der Waals surface area contributed by atoms with Gasteiger partial charge in [0.25, 0.3) is 0 Å². The second-order valence-corrected chi connectivity index (χ2v) is 8.58. The van der Waals surface area contributed by atoms with Gasteiger partial charge in [0.05, 0.1) is 18.8 Å². The van der Waals surface area contributed by atoms with Gasteiger partial charge in [-0.25, -0.2) is 9.37 Å². The molecule has 5 N–H and O–H groups in total. The Morgan fingerprint density at radius 3 is 2.76 bits per heavy atom. The summed E-state index contributed by atoms with van der Waals surface area (Å²) < 4.78 is 18.8. The molecular weight excluding hydrogens is 483 g/mol. The molecule has 1 aliphatic rings. The number of aromatic nitrogens is 1. The topological polar surface area (TPSA) is 119 Å². The van der Waals surface area contributed by atoms with Crippen LogP contribution in [-0.2, 0) is 4.74 Å². The van der Waals surface area contributed by atoms with E-state index in [0.29, 0.717) is 22.3 Å². The number of aliphatic imine (C=N–C) groups is 1. The van der Waals surface area contributed by atoms with Crippen LogP contribution >= 0.6 is 0 Å². The minimum Gasteiger partial charge on any atom is -0.389 e. The smallest absolute Gasteiger partial charge is 0.150 e. The van der Waals surface area contributed by atoms with E-state index in [-0.39, 0.29) is 11.6 Å². The molecule has 3 aromatic rings. The third kappa shape index (κ3) is 8.40. The van der Waals surface area contributed by atoms with Crippen molar-refractivity contribution in [1.29, 1.82) is 0 Å². The number of nitrogens with zero attached hydrogens (tertiary/aromatic N) is 3. The fraction of sp³-hybridized carbons (Fsp3) is 0.276. The fourth-order valence-corrected chi connectivity index (χ4v) is 3.66. The predicted octanol–water partition coefficient (Wildman–Crippen LogP) is 2.89. The lowest BCUT2D eigenvalue weighted by Gasteiger charge is -2.26. The summed E-state index contributed by atoms with van der Waals surface area (Å²) in [6.07, 6.45) is 5.96. The third-order valence-electron chi connectivity index (χ3n) is 5.91. The molecule has 198 valence electrons. The third-order valence-corrected chi connectivity index (χ3v) is 5.91. The average Bonchev–Trinajstić information content (AvgIpc) is 2.94. The molecule has 0 amide bonds. The van der Waals surface area contributed by atoms with E-state index in [1.807, 2.05) is 19.2 Å². The minimum absolute atomic E-state index is 0.250. The number of carbonyl (C=O) groups is 1. The number of halogens is 1. The number of nitrogens with two attached hydrogens (primary N) is 2. The number of hydrogen-bond acceptors (Lipinski definition) is 7. The lowest BCUT2D eigenvalue weighted by molar-refractivity contribution is 0.0388. The number of nitrogen functional groups attached to an aromatic ring is 1. The van der Waals surface area contributed by atoms with Gasteiger partial charge in [0.1, 0.15) is 23.8 Å². The highest BCUT2D eigenvalue weighted by molar-refractivity contribution is 5.91. The Morgan fingerprint density at radius 1 is 1.24 bits per heavy atom. The van der Waals surface area contributed by atoms with Crippen LogP contribution in [0.25, 0.3) is 10.8 Å². The van der Waals surface area contributed by atoms with Crippen molar-refractivity contribution < 1.29 is 13.9 Å². The van der Waals surface area contributed by atoms with Crippen LogP contribution in [0.15, 0.2) is 59.9 Å². The number of hydrogen-bond donors (Lipinski definition) is 3. The second-order valence-electron chi connectivity index (χ2n) is 8.58. The Kier molecular flexibility index (Phi) is 10.8.